The van der Waals surface area contributed by atoms with Gasteiger partial charge in [0, 0.05) is 17.0 Å². The standard InChI is InChI=1S/C25H23N3O2/c29-25(30)23-11-5-6-14-28(23)24(19-15-18-8-2-3-9-20(18)26-16-19)22-13-12-17-7-1-4-10-21(17)27-22/h1-4,7-10,12-13,15-16,23-24H,5-6,11,14H2,(H,29,30). The summed E-state index contributed by atoms with van der Waals surface area (Å²) in [4.78, 5) is 23.8. The molecule has 150 valence electrons. The van der Waals surface area contributed by atoms with E-state index in [0.29, 0.717) is 6.42 Å². The van der Waals surface area contributed by atoms with Crippen molar-refractivity contribution in [3.05, 3.63) is 84.2 Å². The van der Waals surface area contributed by atoms with Crippen LogP contribution in [-0.4, -0.2) is 38.5 Å². The van der Waals surface area contributed by atoms with Crippen LogP contribution in [0.2, 0.25) is 0 Å². The molecule has 2 atom stereocenters. The highest BCUT2D eigenvalue weighted by molar-refractivity contribution is 5.80. The highest BCUT2D eigenvalue weighted by atomic mass is 16.4. The Morgan fingerprint density at radius 3 is 2.57 bits per heavy atom. The topological polar surface area (TPSA) is 66.3 Å². The van der Waals surface area contributed by atoms with E-state index in [0.717, 1.165) is 52.4 Å². The molecule has 0 radical (unpaired) electrons. The molecule has 0 saturated carbocycles. The van der Waals surface area contributed by atoms with Gasteiger partial charge in [-0.2, -0.15) is 0 Å². The molecule has 2 unspecified atom stereocenters. The number of carboxylic acid groups (broad SMARTS) is 1. The number of hydrogen-bond donors (Lipinski definition) is 1. The lowest BCUT2D eigenvalue weighted by Gasteiger charge is -2.39. The molecule has 0 bridgehead atoms. The van der Waals surface area contributed by atoms with E-state index in [4.69, 9.17) is 4.98 Å². The predicted octanol–water partition coefficient (Wildman–Crippen LogP) is 4.81. The SMILES string of the molecule is O=C(O)C1CCCCN1C(c1cnc2ccccc2c1)c1ccc2ccccc2n1. The maximum atomic E-state index is 12.1. The third-order valence-electron chi connectivity index (χ3n) is 5.99. The van der Waals surface area contributed by atoms with Crippen molar-refractivity contribution in [2.24, 2.45) is 0 Å². The molecule has 1 aliphatic rings. The quantitative estimate of drug-likeness (QED) is 0.535. The minimum atomic E-state index is -0.769. The van der Waals surface area contributed by atoms with Crippen LogP contribution >= 0.6 is 0 Å². The fraction of sp³-hybridized carbons (Fsp3) is 0.240. The molecule has 2 aromatic carbocycles. The molecule has 2 aromatic heterocycles. The van der Waals surface area contributed by atoms with E-state index in [2.05, 4.69) is 22.0 Å². The van der Waals surface area contributed by atoms with Gasteiger partial charge in [-0.15, -0.1) is 0 Å². The van der Waals surface area contributed by atoms with Crippen LogP contribution in [0.3, 0.4) is 0 Å². The summed E-state index contributed by atoms with van der Waals surface area (Å²) in [6.45, 7) is 0.725. The zero-order chi connectivity index (χ0) is 20.5. The van der Waals surface area contributed by atoms with Crippen LogP contribution < -0.4 is 0 Å². The highest BCUT2D eigenvalue weighted by Crippen LogP contribution is 2.35. The van der Waals surface area contributed by atoms with Crippen molar-refractivity contribution in [3.8, 4) is 0 Å². The van der Waals surface area contributed by atoms with Crippen LogP contribution in [0.4, 0.5) is 0 Å². The summed E-state index contributed by atoms with van der Waals surface area (Å²) in [5.74, 6) is -0.769. The van der Waals surface area contributed by atoms with Crippen LogP contribution in [0.5, 0.6) is 0 Å². The average molecular weight is 397 g/mol. The zero-order valence-electron chi connectivity index (χ0n) is 16.6. The maximum absolute atomic E-state index is 12.1. The lowest BCUT2D eigenvalue weighted by molar-refractivity contribution is -0.145. The van der Waals surface area contributed by atoms with E-state index in [1.54, 1.807) is 0 Å². The number of carbonyl (C=O) groups is 1. The van der Waals surface area contributed by atoms with Gasteiger partial charge in [-0.3, -0.25) is 19.7 Å². The van der Waals surface area contributed by atoms with Gasteiger partial charge in [-0.1, -0.05) is 48.9 Å². The summed E-state index contributed by atoms with van der Waals surface area (Å²) in [5, 5.41) is 12.0. The molecule has 30 heavy (non-hydrogen) atoms. The van der Waals surface area contributed by atoms with Gasteiger partial charge in [-0.05, 0) is 49.2 Å². The number of carboxylic acids is 1. The number of likely N-dealkylation sites (tertiary alicyclic amines) is 1. The molecular weight excluding hydrogens is 374 g/mol. The third kappa shape index (κ3) is 3.42. The fourth-order valence-electron chi connectivity index (χ4n) is 4.53. The highest BCUT2D eigenvalue weighted by Gasteiger charge is 2.36. The number of rotatable bonds is 4. The van der Waals surface area contributed by atoms with Gasteiger partial charge in [0.25, 0.3) is 0 Å². The average Bonchev–Trinajstić information content (AvgIpc) is 2.79. The van der Waals surface area contributed by atoms with E-state index in [-0.39, 0.29) is 6.04 Å². The molecule has 1 saturated heterocycles. The first-order chi connectivity index (χ1) is 14.7. The second-order valence-corrected chi connectivity index (χ2v) is 7.88. The Bertz CT molecular complexity index is 1140. The number of benzene rings is 2. The van der Waals surface area contributed by atoms with Gasteiger partial charge in [0.15, 0.2) is 0 Å². The van der Waals surface area contributed by atoms with Crippen LogP contribution in [0.25, 0.3) is 21.8 Å². The minimum Gasteiger partial charge on any atom is -0.480 e. The van der Waals surface area contributed by atoms with Crippen LogP contribution in [0.15, 0.2) is 72.9 Å². The number of nitrogens with zero attached hydrogens (tertiary/aromatic N) is 3. The van der Waals surface area contributed by atoms with Gasteiger partial charge in [-0.25, -0.2) is 0 Å². The van der Waals surface area contributed by atoms with Crippen molar-refractivity contribution in [2.45, 2.75) is 31.3 Å². The molecule has 0 amide bonds. The molecule has 1 fully saturated rings. The molecule has 4 aromatic rings. The second-order valence-electron chi connectivity index (χ2n) is 7.88. The van der Waals surface area contributed by atoms with Gasteiger partial charge >= 0.3 is 5.97 Å². The van der Waals surface area contributed by atoms with Crippen molar-refractivity contribution in [1.29, 1.82) is 0 Å². The van der Waals surface area contributed by atoms with Crippen LogP contribution in [0, 0.1) is 0 Å². The van der Waals surface area contributed by atoms with Gasteiger partial charge < -0.3 is 5.11 Å². The number of para-hydroxylation sites is 2. The Morgan fingerprint density at radius 1 is 0.967 bits per heavy atom. The van der Waals surface area contributed by atoms with E-state index in [9.17, 15) is 9.90 Å². The summed E-state index contributed by atoms with van der Waals surface area (Å²) in [6, 6.07) is 21.5. The van der Waals surface area contributed by atoms with E-state index in [1.165, 1.54) is 0 Å². The fourth-order valence-corrected chi connectivity index (χ4v) is 4.53. The molecular formula is C25H23N3O2. The summed E-state index contributed by atoms with van der Waals surface area (Å²) in [5.41, 5.74) is 3.68. The van der Waals surface area contributed by atoms with E-state index in [1.807, 2.05) is 60.8 Å². The Hall–Kier alpha value is -3.31. The van der Waals surface area contributed by atoms with Crippen molar-refractivity contribution in [3.63, 3.8) is 0 Å². The lowest BCUT2D eigenvalue weighted by Crippen LogP contribution is -2.47. The molecule has 5 rings (SSSR count). The first-order valence-corrected chi connectivity index (χ1v) is 10.4. The Balaban J connectivity index is 1.68. The number of pyridine rings is 2. The van der Waals surface area contributed by atoms with Crippen LogP contribution in [-0.2, 0) is 4.79 Å². The smallest absolute Gasteiger partial charge is 0.320 e. The molecule has 0 spiro atoms. The van der Waals surface area contributed by atoms with Crippen molar-refractivity contribution < 1.29 is 9.90 Å². The van der Waals surface area contributed by atoms with Crippen molar-refractivity contribution in [1.82, 2.24) is 14.9 Å². The summed E-state index contributed by atoms with van der Waals surface area (Å²) in [7, 11) is 0. The number of aliphatic carboxylic acids is 1. The summed E-state index contributed by atoms with van der Waals surface area (Å²) in [6.07, 6.45) is 4.44. The third-order valence-corrected chi connectivity index (χ3v) is 5.99. The Kier molecular flexibility index (Phi) is 4.89. The Labute approximate surface area is 175 Å². The monoisotopic (exact) mass is 397 g/mol. The van der Waals surface area contributed by atoms with E-state index < -0.39 is 12.0 Å². The molecule has 3 heterocycles. The van der Waals surface area contributed by atoms with Gasteiger partial charge in [0.1, 0.15) is 6.04 Å². The molecule has 5 nitrogen and oxygen atoms in total. The lowest BCUT2D eigenvalue weighted by atomic mass is 9.94. The maximum Gasteiger partial charge on any atom is 0.320 e. The molecule has 0 aliphatic carbocycles. The number of fused-ring (bicyclic) bond motifs is 2. The Morgan fingerprint density at radius 2 is 1.73 bits per heavy atom. The van der Waals surface area contributed by atoms with Crippen LogP contribution in [0.1, 0.15) is 36.6 Å². The zero-order valence-corrected chi connectivity index (χ0v) is 16.6. The molecule has 5 heteroatoms. The largest absolute Gasteiger partial charge is 0.480 e. The number of hydrogen-bond acceptors (Lipinski definition) is 4. The first kappa shape index (κ1) is 18.7. The first-order valence-electron chi connectivity index (χ1n) is 10.4. The number of aromatic nitrogens is 2. The van der Waals surface area contributed by atoms with E-state index >= 15 is 0 Å². The summed E-state index contributed by atoms with van der Waals surface area (Å²) < 4.78 is 0. The summed E-state index contributed by atoms with van der Waals surface area (Å²) >= 11 is 0. The van der Waals surface area contributed by atoms with Crippen molar-refractivity contribution >= 4 is 27.8 Å². The van der Waals surface area contributed by atoms with Crippen molar-refractivity contribution in [2.75, 3.05) is 6.54 Å². The van der Waals surface area contributed by atoms with Gasteiger partial charge in [0.05, 0.1) is 22.8 Å². The number of piperidine rings is 1. The molecule has 1 aliphatic heterocycles. The minimum absolute atomic E-state index is 0.256. The normalized spacial score (nSPS) is 18.5. The van der Waals surface area contributed by atoms with Gasteiger partial charge in [0.2, 0.25) is 0 Å². The molecule has 1 N–H and O–H groups in total. The second kappa shape index (κ2) is 7.84. The predicted molar refractivity (Wildman–Crippen MR) is 117 cm³/mol.